The molecule has 0 bridgehead atoms. The van der Waals surface area contributed by atoms with E-state index in [4.69, 9.17) is 4.52 Å². The second-order valence-corrected chi connectivity index (χ2v) is 7.04. The number of thioether (sulfide) groups is 1. The van der Waals surface area contributed by atoms with Crippen molar-refractivity contribution in [3.63, 3.8) is 0 Å². The Morgan fingerprint density at radius 3 is 2.68 bits per heavy atom. The molecule has 0 aliphatic heterocycles. The molecule has 0 radical (unpaired) electrons. The van der Waals surface area contributed by atoms with Gasteiger partial charge in [-0.2, -0.15) is 9.97 Å². The van der Waals surface area contributed by atoms with Crippen LogP contribution in [0.3, 0.4) is 0 Å². The summed E-state index contributed by atoms with van der Waals surface area (Å²) in [5.74, 6) is 1.73. The summed E-state index contributed by atoms with van der Waals surface area (Å²) < 4.78 is 7.15. The van der Waals surface area contributed by atoms with Crippen molar-refractivity contribution in [2.24, 2.45) is 0 Å². The highest BCUT2D eigenvalue weighted by molar-refractivity contribution is 7.99. The average molecular weight is 352 g/mol. The number of nitrogens with zero attached hydrogens (tertiary/aromatic N) is 6. The Morgan fingerprint density at radius 2 is 1.88 bits per heavy atom. The molecule has 4 aromatic rings. The maximum Gasteiger partial charge on any atom is 0.253 e. The Kier molecular flexibility index (Phi) is 3.96. The van der Waals surface area contributed by atoms with Gasteiger partial charge in [-0.1, -0.05) is 47.3 Å². The highest BCUT2D eigenvalue weighted by Gasteiger charge is 2.19. The molecule has 3 aromatic heterocycles. The molecule has 25 heavy (non-hydrogen) atoms. The van der Waals surface area contributed by atoms with Crippen LogP contribution in [-0.4, -0.2) is 29.7 Å². The summed E-state index contributed by atoms with van der Waals surface area (Å²) in [5.41, 5.74) is 2.85. The third kappa shape index (κ3) is 3.12. The fraction of sp³-hybridized carbons (Fsp3) is 0.235. The van der Waals surface area contributed by atoms with Crippen LogP contribution in [0.1, 0.15) is 29.5 Å². The third-order valence-corrected chi connectivity index (χ3v) is 4.64. The van der Waals surface area contributed by atoms with Crippen LogP contribution < -0.4 is 0 Å². The Balaban J connectivity index is 1.57. The molecule has 0 aliphatic rings. The second kappa shape index (κ2) is 6.29. The minimum absolute atomic E-state index is 0.0659. The lowest BCUT2D eigenvalue weighted by Crippen LogP contribution is -1.97. The molecule has 126 valence electrons. The molecule has 1 atom stereocenters. The number of rotatable bonds is 4. The van der Waals surface area contributed by atoms with E-state index in [1.807, 2.05) is 57.2 Å². The van der Waals surface area contributed by atoms with Crippen molar-refractivity contribution < 1.29 is 4.52 Å². The van der Waals surface area contributed by atoms with E-state index in [1.54, 1.807) is 4.52 Å². The van der Waals surface area contributed by atoms with Gasteiger partial charge in [0.25, 0.3) is 5.78 Å². The van der Waals surface area contributed by atoms with Gasteiger partial charge in [0, 0.05) is 17.0 Å². The minimum Gasteiger partial charge on any atom is -0.338 e. The normalized spacial score (nSPS) is 12.6. The standard InChI is InChI=1S/C17H16N6OS/c1-10-9-11(2)23-16(18-10)20-17(21-23)25-12(3)15-19-14(22-24-15)13-7-5-4-6-8-13/h4-9,12H,1-3H3. The van der Waals surface area contributed by atoms with Crippen LogP contribution >= 0.6 is 11.8 Å². The number of benzene rings is 1. The molecule has 0 fully saturated rings. The first-order valence-electron chi connectivity index (χ1n) is 7.87. The van der Waals surface area contributed by atoms with Gasteiger partial charge in [0.1, 0.15) is 0 Å². The van der Waals surface area contributed by atoms with Crippen LogP contribution in [-0.2, 0) is 0 Å². The van der Waals surface area contributed by atoms with Crippen LogP contribution in [0.4, 0.5) is 0 Å². The molecule has 0 saturated carbocycles. The number of hydrogen-bond acceptors (Lipinski definition) is 7. The van der Waals surface area contributed by atoms with Gasteiger partial charge in [-0.25, -0.2) is 9.50 Å². The van der Waals surface area contributed by atoms with Crippen molar-refractivity contribution in [2.75, 3.05) is 0 Å². The molecular formula is C17H16N6OS. The van der Waals surface area contributed by atoms with Crippen molar-refractivity contribution in [1.29, 1.82) is 0 Å². The van der Waals surface area contributed by atoms with Gasteiger partial charge >= 0.3 is 0 Å². The summed E-state index contributed by atoms with van der Waals surface area (Å²) in [4.78, 5) is 13.4. The maximum absolute atomic E-state index is 5.41. The summed E-state index contributed by atoms with van der Waals surface area (Å²) in [6, 6.07) is 11.7. The number of fused-ring (bicyclic) bond motifs is 1. The number of hydrogen-bond donors (Lipinski definition) is 0. The van der Waals surface area contributed by atoms with Crippen LogP contribution in [0, 0.1) is 13.8 Å². The van der Waals surface area contributed by atoms with Gasteiger partial charge in [0.05, 0.1) is 5.25 Å². The van der Waals surface area contributed by atoms with Gasteiger partial charge in [-0.15, -0.1) is 5.10 Å². The van der Waals surface area contributed by atoms with Crippen molar-refractivity contribution in [3.8, 4) is 11.4 Å². The summed E-state index contributed by atoms with van der Waals surface area (Å²) in [6.07, 6.45) is 0. The first kappa shape index (κ1) is 15.8. The molecule has 1 aromatic carbocycles. The molecule has 4 rings (SSSR count). The summed E-state index contributed by atoms with van der Waals surface area (Å²) >= 11 is 1.47. The lowest BCUT2D eigenvalue weighted by Gasteiger charge is -2.01. The first-order chi connectivity index (χ1) is 12.1. The van der Waals surface area contributed by atoms with Crippen LogP contribution in [0.2, 0.25) is 0 Å². The topological polar surface area (TPSA) is 82.0 Å². The van der Waals surface area contributed by atoms with Gasteiger partial charge in [-0.05, 0) is 26.8 Å². The van der Waals surface area contributed by atoms with Crippen LogP contribution in [0.25, 0.3) is 17.2 Å². The van der Waals surface area contributed by atoms with Crippen molar-refractivity contribution in [3.05, 3.63) is 53.7 Å². The highest BCUT2D eigenvalue weighted by atomic mass is 32.2. The SMILES string of the molecule is Cc1cc(C)n2nc(SC(C)c3nc(-c4ccccc4)no3)nc2n1. The lowest BCUT2D eigenvalue weighted by molar-refractivity contribution is 0.380. The van der Waals surface area contributed by atoms with Crippen molar-refractivity contribution in [1.82, 2.24) is 29.7 Å². The molecule has 1 unspecified atom stereocenters. The van der Waals surface area contributed by atoms with Gasteiger partial charge < -0.3 is 4.52 Å². The lowest BCUT2D eigenvalue weighted by atomic mass is 10.2. The van der Waals surface area contributed by atoms with E-state index in [2.05, 4.69) is 25.2 Å². The summed E-state index contributed by atoms with van der Waals surface area (Å²) in [6.45, 7) is 5.92. The Bertz CT molecular complexity index is 1030. The maximum atomic E-state index is 5.41. The van der Waals surface area contributed by atoms with E-state index in [9.17, 15) is 0 Å². The zero-order chi connectivity index (χ0) is 17.4. The largest absolute Gasteiger partial charge is 0.338 e. The van der Waals surface area contributed by atoms with E-state index in [-0.39, 0.29) is 5.25 Å². The minimum atomic E-state index is -0.0659. The molecule has 0 spiro atoms. The van der Waals surface area contributed by atoms with Gasteiger partial charge in [0.15, 0.2) is 0 Å². The molecule has 0 amide bonds. The molecule has 0 N–H and O–H groups in total. The van der Waals surface area contributed by atoms with Crippen LogP contribution in [0.5, 0.6) is 0 Å². The molecule has 0 saturated heterocycles. The van der Waals surface area contributed by atoms with Gasteiger partial charge in [-0.3, -0.25) is 0 Å². The first-order valence-corrected chi connectivity index (χ1v) is 8.75. The molecule has 7 nitrogen and oxygen atoms in total. The third-order valence-electron chi connectivity index (χ3n) is 3.70. The van der Waals surface area contributed by atoms with E-state index < -0.39 is 0 Å². The Morgan fingerprint density at radius 1 is 1.08 bits per heavy atom. The smallest absolute Gasteiger partial charge is 0.253 e. The summed E-state index contributed by atoms with van der Waals surface area (Å²) in [7, 11) is 0. The second-order valence-electron chi connectivity index (χ2n) is 5.73. The number of aromatic nitrogens is 6. The Hall–Kier alpha value is -2.74. The predicted molar refractivity (Wildman–Crippen MR) is 94.3 cm³/mol. The zero-order valence-corrected chi connectivity index (χ0v) is 14.9. The monoisotopic (exact) mass is 352 g/mol. The highest BCUT2D eigenvalue weighted by Crippen LogP contribution is 2.33. The van der Waals surface area contributed by atoms with Crippen molar-refractivity contribution >= 4 is 17.5 Å². The molecule has 0 aliphatic carbocycles. The summed E-state index contributed by atoms with van der Waals surface area (Å²) in [5, 5.41) is 9.13. The fourth-order valence-electron chi connectivity index (χ4n) is 2.51. The molecule has 3 heterocycles. The predicted octanol–water partition coefficient (Wildman–Crippen LogP) is 3.64. The molecule has 8 heteroatoms. The zero-order valence-electron chi connectivity index (χ0n) is 14.0. The van der Waals surface area contributed by atoms with Crippen molar-refractivity contribution in [2.45, 2.75) is 31.2 Å². The average Bonchev–Trinajstić information content (AvgIpc) is 3.22. The quantitative estimate of drug-likeness (QED) is 0.518. The van der Waals surface area contributed by atoms with Crippen LogP contribution in [0.15, 0.2) is 46.1 Å². The molecular weight excluding hydrogens is 336 g/mol. The number of aryl methyl sites for hydroxylation is 2. The van der Waals surface area contributed by atoms with E-state index >= 15 is 0 Å². The van der Waals surface area contributed by atoms with E-state index in [0.29, 0.717) is 22.6 Å². The van der Waals surface area contributed by atoms with Gasteiger partial charge in [0.2, 0.25) is 16.9 Å². The van der Waals surface area contributed by atoms with E-state index in [0.717, 1.165) is 17.0 Å². The Labute approximate surface area is 148 Å². The fourth-order valence-corrected chi connectivity index (χ4v) is 3.29. The van der Waals surface area contributed by atoms with E-state index in [1.165, 1.54) is 11.8 Å².